The van der Waals surface area contributed by atoms with E-state index in [0.717, 1.165) is 21.9 Å². The zero-order chi connectivity index (χ0) is 29.6. The van der Waals surface area contributed by atoms with Crippen molar-refractivity contribution in [1.82, 2.24) is 10.2 Å². The standard InChI is InChI=1S/C31H38N4O5/c1-7-35(29(38)24(18-25(32)36)34-30(39)40-31(4,5)6)27(26-19(2)11-10-12-20(26)3)28(37)33-23-16-15-21-13-8-9-14-22(21)17-23/h8-17,24,27H,7,18H2,1-6H3,(H2,32,36)(H,33,37)(H,34,39). The maximum atomic E-state index is 14.0. The minimum atomic E-state index is -1.33. The van der Waals surface area contributed by atoms with Crippen LogP contribution in [0.3, 0.4) is 0 Å². The number of anilines is 1. The average molecular weight is 547 g/mol. The van der Waals surface area contributed by atoms with E-state index in [9.17, 15) is 19.2 Å². The van der Waals surface area contributed by atoms with Crippen LogP contribution in [0.2, 0.25) is 0 Å². The molecule has 0 fully saturated rings. The first-order chi connectivity index (χ1) is 18.8. The Labute approximate surface area is 235 Å². The Morgan fingerprint density at radius 2 is 1.55 bits per heavy atom. The molecule has 0 spiro atoms. The molecule has 2 unspecified atom stereocenters. The van der Waals surface area contributed by atoms with Crippen LogP contribution in [0.5, 0.6) is 0 Å². The second-order valence-corrected chi connectivity index (χ2v) is 10.8. The van der Waals surface area contributed by atoms with E-state index in [4.69, 9.17) is 10.5 Å². The van der Waals surface area contributed by atoms with E-state index in [0.29, 0.717) is 11.3 Å². The van der Waals surface area contributed by atoms with Crippen LogP contribution < -0.4 is 16.4 Å². The monoisotopic (exact) mass is 546 g/mol. The number of nitrogens with two attached hydrogens (primary N) is 1. The Morgan fingerprint density at radius 3 is 2.12 bits per heavy atom. The number of rotatable bonds is 9. The predicted octanol–water partition coefficient (Wildman–Crippen LogP) is 4.75. The lowest BCUT2D eigenvalue weighted by Gasteiger charge is -2.34. The summed E-state index contributed by atoms with van der Waals surface area (Å²) in [7, 11) is 0. The first kappa shape index (κ1) is 30.1. The van der Waals surface area contributed by atoms with Gasteiger partial charge in [0.05, 0.1) is 6.42 Å². The second kappa shape index (κ2) is 12.6. The second-order valence-electron chi connectivity index (χ2n) is 10.8. The zero-order valence-corrected chi connectivity index (χ0v) is 23.9. The summed E-state index contributed by atoms with van der Waals surface area (Å²) >= 11 is 0. The fourth-order valence-corrected chi connectivity index (χ4v) is 4.68. The number of ether oxygens (including phenoxy) is 1. The lowest BCUT2D eigenvalue weighted by atomic mass is 9.93. The van der Waals surface area contributed by atoms with E-state index >= 15 is 0 Å². The molecule has 0 heterocycles. The van der Waals surface area contributed by atoms with Gasteiger partial charge in [-0.1, -0.05) is 48.5 Å². The first-order valence-corrected chi connectivity index (χ1v) is 13.2. The average Bonchev–Trinajstić information content (AvgIpc) is 2.86. The SMILES string of the molecule is CCN(C(=O)C(CC(N)=O)NC(=O)OC(C)(C)C)C(C(=O)Nc1ccc2ccccc2c1)c1c(C)cccc1C. The molecule has 9 nitrogen and oxygen atoms in total. The lowest BCUT2D eigenvalue weighted by Crippen LogP contribution is -2.53. The molecule has 2 atom stereocenters. The molecule has 40 heavy (non-hydrogen) atoms. The Kier molecular flexibility index (Phi) is 9.52. The number of hydrogen-bond donors (Lipinski definition) is 3. The highest BCUT2D eigenvalue weighted by Gasteiger charge is 2.37. The predicted molar refractivity (Wildman–Crippen MR) is 156 cm³/mol. The van der Waals surface area contributed by atoms with Crippen LogP contribution in [-0.2, 0) is 19.1 Å². The Balaban J connectivity index is 2.03. The smallest absolute Gasteiger partial charge is 0.408 e. The first-order valence-electron chi connectivity index (χ1n) is 13.2. The minimum absolute atomic E-state index is 0.119. The molecule has 0 radical (unpaired) electrons. The molecule has 212 valence electrons. The summed E-state index contributed by atoms with van der Waals surface area (Å²) in [5.41, 5.74) is 7.48. The molecule has 0 aliphatic carbocycles. The zero-order valence-electron chi connectivity index (χ0n) is 23.9. The van der Waals surface area contributed by atoms with E-state index in [1.807, 2.05) is 68.4 Å². The molecule has 0 aliphatic heterocycles. The number of fused-ring (bicyclic) bond motifs is 1. The third-order valence-electron chi connectivity index (χ3n) is 6.41. The molecular weight excluding hydrogens is 508 g/mol. The van der Waals surface area contributed by atoms with Crippen molar-refractivity contribution in [2.24, 2.45) is 5.73 Å². The molecule has 3 aromatic carbocycles. The number of carbonyl (C=O) groups excluding carboxylic acids is 4. The fourth-order valence-electron chi connectivity index (χ4n) is 4.68. The summed E-state index contributed by atoms with van der Waals surface area (Å²) in [6.07, 6.45) is -1.33. The van der Waals surface area contributed by atoms with Crippen LogP contribution >= 0.6 is 0 Å². The minimum Gasteiger partial charge on any atom is -0.444 e. The summed E-state index contributed by atoms with van der Waals surface area (Å²) in [6, 6.07) is 16.6. The molecule has 0 saturated carbocycles. The lowest BCUT2D eigenvalue weighted by molar-refractivity contribution is -0.141. The van der Waals surface area contributed by atoms with E-state index in [1.54, 1.807) is 33.8 Å². The number of nitrogens with one attached hydrogen (secondary N) is 2. The number of hydrogen-bond acceptors (Lipinski definition) is 5. The maximum Gasteiger partial charge on any atom is 0.408 e. The van der Waals surface area contributed by atoms with Crippen molar-refractivity contribution < 1.29 is 23.9 Å². The van der Waals surface area contributed by atoms with E-state index in [1.165, 1.54) is 4.90 Å². The molecule has 0 bridgehead atoms. The highest BCUT2D eigenvalue weighted by Crippen LogP contribution is 2.30. The van der Waals surface area contributed by atoms with Gasteiger partial charge in [0, 0.05) is 12.2 Å². The van der Waals surface area contributed by atoms with E-state index in [-0.39, 0.29) is 6.54 Å². The van der Waals surface area contributed by atoms with Gasteiger partial charge in [0.25, 0.3) is 5.91 Å². The normalized spacial score (nSPS) is 12.8. The van der Waals surface area contributed by atoms with Gasteiger partial charge in [0.15, 0.2) is 0 Å². The van der Waals surface area contributed by atoms with Crippen LogP contribution in [0.4, 0.5) is 10.5 Å². The van der Waals surface area contributed by atoms with Crippen molar-refractivity contribution in [3.05, 3.63) is 77.4 Å². The Bertz CT molecular complexity index is 1390. The van der Waals surface area contributed by atoms with Crippen molar-refractivity contribution in [2.45, 2.75) is 65.6 Å². The summed E-state index contributed by atoms with van der Waals surface area (Å²) in [5.74, 6) is -1.85. The molecule has 0 saturated heterocycles. The van der Waals surface area contributed by atoms with Gasteiger partial charge in [0.1, 0.15) is 17.7 Å². The molecule has 4 amide bonds. The van der Waals surface area contributed by atoms with Gasteiger partial charge in [-0.25, -0.2) is 4.79 Å². The van der Waals surface area contributed by atoms with Crippen molar-refractivity contribution >= 4 is 40.3 Å². The number of primary amides is 1. The van der Waals surface area contributed by atoms with Crippen LogP contribution in [0.25, 0.3) is 10.8 Å². The quantitative estimate of drug-likeness (QED) is 0.356. The van der Waals surface area contributed by atoms with Crippen molar-refractivity contribution in [1.29, 1.82) is 0 Å². The van der Waals surface area contributed by atoms with Crippen LogP contribution in [0.1, 0.15) is 56.8 Å². The van der Waals surface area contributed by atoms with Crippen LogP contribution in [-0.4, -0.2) is 46.9 Å². The largest absolute Gasteiger partial charge is 0.444 e. The summed E-state index contributed by atoms with van der Waals surface area (Å²) in [5, 5.41) is 7.43. The Morgan fingerprint density at radius 1 is 0.925 bits per heavy atom. The number of amides is 4. The number of aryl methyl sites for hydroxylation is 2. The van der Waals surface area contributed by atoms with Gasteiger partial charge in [-0.15, -0.1) is 0 Å². The highest BCUT2D eigenvalue weighted by atomic mass is 16.6. The number of benzene rings is 3. The van der Waals surface area contributed by atoms with Crippen LogP contribution in [0, 0.1) is 13.8 Å². The topological polar surface area (TPSA) is 131 Å². The molecule has 0 aromatic heterocycles. The molecule has 3 aromatic rings. The summed E-state index contributed by atoms with van der Waals surface area (Å²) in [6.45, 7) is 10.6. The molecular formula is C31H38N4O5. The van der Waals surface area contributed by atoms with Gasteiger partial charge in [0.2, 0.25) is 11.8 Å². The number of carbonyl (C=O) groups is 4. The van der Waals surface area contributed by atoms with Gasteiger partial charge < -0.3 is 26.0 Å². The number of likely N-dealkylation sites (N-methyl/N-ethyl adjacent to an activating group) is 1. The summed E-state index contributed by atoms with van der Waals surface area (Å²) in [4.78, 5) is 53.8. The van der Waals surface area contributed by atoms with Crippen molar-refractivity contribution in [3.63, 3.8) is 0 Å². The van der Waals surface area contributed by atoms with Crippen LogP contribution in [0.15, 0.2) is 60.7 Å². The number of nitrogens with zero attached hydrogens (tertiary/aromatic N) is 1. The third-order valence-corrected chi connectivity index (χ3v) is 6.41. The fraction of sp³-hybridized carbons (Fsp3) is 0.355. The number of alkyl carbamates (subject to hydrolysis) is 1. The Hall–Kier alpha value is -4.40. The van der Waals surface area contributed by atoms with Crippen molar-refractivity contribution in [2.75, 3.05) is 11.9 Å². The van der Waals surface area contributed by atoms with Gasteiger partial charge in [-0.2, -0.15) is 0 Å². The van der Waals surface area contributed by atoms with Gasteiger partial charge in [-0.3, -0.25) is 14.4 Å². The van der Waals surface area contributed by atoms with Gasteiger partial charge in [-0.05, 0) is 81.1 Å². The summed E-state index contributed by atoms with van der Waals surface area (Å²) < 4.78 is 5.31. The molecule has 9 heteroatoms. The molecule has 0 aliphatic rings. The van der Waals surface area contributed by atoms with E-state index in [2.05, 4.69) is 10.6 Å². The highest BCUT2D eigenvalue weighted by molar-refractivity contribution is 6.01. The molecule has 3 rings (SSSR count). The maximum absolute atomic E-state index is 14.0. The van der Waals surface area contributed by atoms with Gasteiger partial charge >= 0.3 is 6.09 Å². The van der Waals surface area contributed by atoms with Crippen molar-refractivity contribution in [3.8, 4) is 0 Å². The third kappa shape index (κ3) is 7.59. The molecule has 4 N–H and O–H groups in total. The van der Waals surface area contributed by atoms with E-state index < -0.39 is 47.9 Å².